The number of aromatic amines is 1. The first-order valence-corrected chi connectivity index (χ1v) is 10.9. The molecule has 0 bridgehead atoms. The quantitative estimate of drug-likeness (QED) is 0.364. The molecule has 33 heavy (non-hydrogen) atoms. The fourth-order valence-corrected chi connectivity index (χ4v) is 3.57. The zero-order valence-electron chi connectivity index (χ0n) is 18.4. The number of ketones is 1. The van der Waals surface area contributed by atoms with Crippen LogP contribution in [0.2, 0.25) is 0 Å². The van der Waals surface area contributed by atoms with Gasteiger partial charge in [-0.3, -0.25) is 9.36 Å². The Morgan fingerprint density at radius 1 is 1.12 bits per heavy atom. The summed E-state index contributed by atoms with van der Waals surface area (Å²) in [5.41, 5.74) is 1.17. The third-order valence-corrected chi connectivity index (χ3v) is 5.22. The Hall–Kier alpha value is -3.76. The number of halogens is 2. The van der Waals surface area contributed by atoms with E-state index < -0.39 is 11.8 Å². The average Bonchev–Trinajstić information content (AvgIpc) is 3.52. The molecule has 3 heterocycles. The number of carbonyl (C=O) groups is 1. The molecule has 3 aromatic heterocycles. The van der Waals surface area contributed by atoms with Crippen molar-refractivity contribution in [2.45, 2.75) is 52.5 Å². The zero-order valence-corrected chi connectivity index (χ0v) is 18.4. The van der Waals surface area contributed by atoms with E-state index in [1.54, 1.807) is 28.9 Å². The van der Waals surface area contributed by atoms with Gasteiger partial charge in [-0.2, -0.15) is 9.60 Å². The molecule has 1 aromatic carbocycles. The highest BCUT2D eigenvalue weighted by Gasteiger charge is 2.22. The summed E-state index contributed by atoms with van der Waals surface area (Å²) >= 11 is 0. The summed E-state index contributed by atoms with van der Waals surface area (Å²) in [5, 5.41) is 17.6. The van der Waals surface area contributed by atoms with Gasteiger partial charge in [0.05, 0.1) is 6.54 Å². The number of benzene rings is 1. The predicted octanol–water partition coefficient (Wildman–Crippen LogP) is 3.90. The number of tetrazole rings is 1. The van der Waals surface area contributed by atoms with Gasteiger partial charge < -0.3 is 0 Å². The maximum Gasteiger partial charge on any atom is 0.224 e. The van der Waals surface area contributed by atoms with Gasteiger partial charge in [-0.25, -0.2) is 14.1 Å². The van der Waals surface area contributed by atoms with Crippen molar-refractivity contribution in [3.63, 3.8) is 0 Å². The molecule has 0 aliphatic carbocycles. The molecular weight excluding hydrogens is 430 g/mol. The maximum atomic E-state index is 14.5. The van der Waals surface area contributed by atoms with Crippen LogP contribution in [0.1, 0.15) is 61.5 Å². The van der Waals surface area contributed by atoms with Crippen molar-refractivity contribution in [3.8, 4) is 17.2 Å². The van der Waals surface area contributed by atoms with Crippen molar-refractivity contribution in [2.75, 3.05) is 0 Å². The van der Waals surface area contributed by atoms with Gasteiger partial charge in [0.1, 0.15) is 11.5 Å². The summed E-state index contributed by atoms with van der Waals surface area (Å²) in [5.74, 6) is -0.674. The third kappa shape index (κ3) is 4.71. The van der Waals surface area contributed by atoms with Gasteiger partial charge in [-0.05, 0) is 35.8 Å². The topological polar surface area (TPSA) is 107 Å². The van der Waals surface area contributed by atoms with Crippen LogP contribution in [0, 0.1) is 11.8 Å². The molecule has 172 valence electrons. The van der Waals surface area contributed by atoms with Crippen molar-refractivity contribution < 1.29 is 13.6 Å². The minimum Gasteiger partial charge on any atom is -0.291 e. The van der Waals surface area contributed by atoms with E-state index in [0.717, 1.165) is 47.7 Å². The Labute approximate surface area is 188 Å². The summed E-state index contributed by atoms with van der Waals surface area (Å²) in [6.45, 7) is 4.44. The van der Waals surface area contributed by atoms with Crippen LogP contribution in [0.25, 0.3) is 17.2 Å². The minimum absolute atomic E-state index is 0.0482. The Balaban J connectivity index is 1.61. The van der Waals surface area contributed by atoms with Crippen molar-refractivity contribution >= 4 is 5.78 Å². The Morgan fingerprint density at radius 3 is 2.58 bits per heavy atom. The van der Waals surface area contributed by atoms with Gasteiger partial charge in [-0.1, -0.05) is 32.4 Å². The maximum absolute atomic E-state index is 14.5. The summed E-state index contributed by atoms with van der Waals surface area (Å²) in [4.78, 5) is 16.7. The summed E-state index contributed by atoms with van der Waals surface area (Å²) in [6, 6.07) is 7.72. The van der Waals surface area contributed by atoms with Crippen molar-refractivity contribution in [1.82, 2.24) is 40.0 Å². The smallest absolute Gasteiger partial charge is 0.224 e. The van der Waals surface area contributed by atoms with Gasteiger partial charge in [0.25, 0.3) is 0 Å². The SMILES string of the molecule is CCCCc1nc(C(=O)CCC)nn1Cc1ccc(-n2c(F)cc(F)c2-c2nn[nH]n2)cc1. The van der Waals surface area contributed by atoms with Crippen LogP contribution in [0.4, 0.5) is 8.78 Å². The van der Waals surface area contributed by atoms with Gasteiger partial charge in [0.15, 0.2) is 5.82 Å². The van der Waals surface area contributed by atoms with Crippen LogP contribution in [0.5, 0.6) is 0 Å². The third-order valence-electron chi connectivity index (χ3n) is 5.22. The Bertz CT molecular complexity index is 1230. The number of aryl methyl sites for hydroxylation is 1. The largest absolute Gasteiger partial charge is 0.291 e. The highest BCUT2D eigenvalue weighted by molar-refractivity contribution is 5.92. The number of aromatic nitrogens is 8. The molecule has 0 saturated carbocycles. The Kier molecular flexibility index (Phi) is 6.66. The number of nitrogens with zero attached hydrogens (tertiary/aromatic N) is 7. The molecule has 1 N–H and O–H groups in total. The lowest BCUT2D eigenvalue weighted by molar-refractivity contribution is 0.0971. The van der Waals surface area contributed by atoms with E-state index in [1.807, 2.05) is 6.92 Å². The number of rotatable bonds is 10. The number of hydrogen-bond acceptors (Lipinski definition) is 6. The summed E-state index contributed by atoms with van der Waals surface area (Å²) in [6.07, 6.45) is 3.82. The van der Waals surface area contributed by atoms with E-state index in [9.17, 15) is 13.6 Å². The van der Waals surface area contributed by atoms with Gasteiger partial charge in [0.2, 0.25) is 23.4 Å². The molecule has 4 aromatic rings. The van der Waals surface area contributed by atoms with Crippen molar-refractivity contribution in [2.24, 2.45) is 0 Å². The predicted molar refractivity (Wildman–Crippen MR) is 116 cm³/mol. The Morgan fingerprint density at radius 2 is 1.91 bits per heavy atom. The first-order chi connectivity index (χ1) is 16.0. The lowest BCUT2D eigenvalue weighted by Crippen LogP contribution is -2.08. The molecule has 4 rings (SSSR count). The van der Waals surface area contributed by atoms with E-state index in [4.69, 9.17) is 0 Å². The molecule has 0 spiro atoms. The lowest BCUT2D eigenvalue weighted by Gasteiger charge is -2.10. The van der Waals surface area contributed by atoms with Crippen LogP contribution < -0.4 is 0 Å². The summed E-state index contributed by atoms with van der Waals surface area (Å²) in [7, 11) is 0. The highest BCUT2D eigenvalue weighted by Crippen LogP contribution is 2.26. The standard InChI is InChI=1S/C22H24F2N8O/c1-3-5-7-19-25-21(17(33)6-4-2)28-31(19)13-14-8-10-15(11-9-14)32-18(24)12-16(23)20(32)22-26-29-30-27-22/h8-12H,3-7,13H2,1-2H3,(H,26,27,29,30). The fraction of sp³-hybridized carbons (Fsp3) is 0.364. The molecule has 0 radical (unpaired) electrons. The summed E-state index contributed by atoms with van der Waals surface area (Å²) < 4.78 is 31.7. The van der Waals surface area contributed by atoms with E-state index in [1.165, 1.54) is 0 Å². The molecule has 9 nitrogen and oxygen atoms in total. The molecular formula is C22H24F2N8O. The number of Topliss-reactive ketones (excluding diaryl/α,β-unsaturated/α-hetero) is 1. The lowest BCUT2D eigenvalue weighted by atomic mass is 10.2. The van der Waals surface area contributed by atoms with Crippen LogP contribution in [0.3, 0.4) is 0 Å². The first kappa shape index (κ1) is 22.4. The van der Waals surface area contributed by atoms with Crippen molar-refractivity contribution in [3.05, 3.63) is 59.3 Å². The second-order valence-electron chi connectivity index (χ2n) is 7.69. The van der Waals surface area contributed by atoms with E-state index in [-0.39, 0.29) is 23.1 Å². The number of unbranched alkanes of at least 4 members (excludes halogenated alkanes) is 1. The van der Waals surface area contributed by atoms with Crippen LogP contribution in [0.15, 0.2) is 30.3 Å². The number of H-pyrrole nitrogens is 1. The van der Waals surface area contributed by atoms with Crippen LogP contribution >= 0.6 is 0 Å². The number of hydrogen-bond donors (Lipinski definition) is 1. The molecule has 11 heteroatoms. The molecule has 0 atom stereocenters. The molecule has 0 aliphatic rings. The van der Waals surface area contributed by atoms with E-state index in [0.29, 0.717) is 18.7 Å². The van der Waals surface area contributed by atoms with E-state index >= 15 is 0 Å². The number of nitrogens with one attached hydrogen (secondary N) is 1. The van der Waals surface area contributed by atoms with Crippen molar-refractivity contribution in [1.29, 1.82) is 0 Å². The zero-order chi connectivity index (χ0) is 23.4. The second kappa shape index (κ2) is 9.80. The average molecular weight is 454 g/mol. The normalized spacial score (nSPS) is 11.3. The number of carbonyl (C=O) groups excluding carboxylic acids is 1. The molecule has 0 aliphatic heterocycles. The first-order valence-electron chi connectivity index (χ1n) is 10.9. The molecule has 0 saturated heterocycles. The van der Waals surface area contributed by atoms with Crippen LogP contribution in [-0.4, -0.2) is 45.7 Å². The molecule has 0 unspecified atom stereocenters. The van der Waals surface area contributed by atoms with Crippen LogP contribution in [-0.2, 0) is 13.0 Å². The van der Waals surface area contributed by atoms with Gasteiger partial charge in [0, 0.05) is 24.6 Å². The second-order valence-corrected chi connectivity index (χ2v) is 7.69. The van der Waals surface area contributed by atoms with E-state index in [2.05, 4.69) is 37.6 Å². The molecule has 0 amide bonds. The monoisotopic (exact) mass is 454 g/mol. The minimum atomic E-state index is -0.787. The van der Waals surface area contributed by atoms with Gasteiger partial charge in [-0.15, -0.1) is 15.3 Å². The highest BCUT2D eigenvalue weighted by atomic mass is 19.1. The molecule has 0 fully saturated rings. The fourth-order valence-electron chi connectivity index (χ4n) is 3.57. The van der Waals surface area contributed by atoms with Gasteiger partial charge >= 0.3 is 0 Å².